The normalized spacial score (nSPS) is 10.9. The van der Waals surface area contributed by atoms with E-state index in [1.54, 1.807) is 6.07 Å². The lowest BCUT2D eigenvalue weighted by atomic mass is 10.2. The molecule has 0 radical (unpaired) electrons. The van der Waals surface area contributed by atoms with E-state index in [1.165, 1.54) is 0 Å². The smallest absolute Gasteiger partial charge is 0.136 e. The molecule has 1 aromatic heterocycles. The van der Waals surface area contributed by atoms with E-state index in [2.05, 4.69) is 31.2 Å². The highest BCUT2D eigenvalue weighted by atomic mass is 79.9. The first kappa shape index (κ1) is 15.4. The zero-order valence-electron chi connectivity index (χ0n) is 10.9. The van der Waals surface area contributed by atoms with E-state index in [1.807, 2.05) is 26.0 Å². The van der Waals surface area contributed by atoms with Gasteiger partial charge in [0.15, 0.2) is 0 Å². The largest absolute Gasteiger partial charge is 0.384 e. The lowest BCUT2D eigenvalue weighted by molar-refractivity contribution is 0.779. The Morgan fingerprint density at radius 3 is 2.55 bits per heavy atom. The second kappa shape index (κ2) is 6.16. The Morgan fingerprint density at radius 2 is 1.90 bits per heavy atom. The van der Waals surface area contributed by atoms with Crippen LogP contribution in [0.25, 0.3) is 0 Å². The second-order valence-electron chi connectivity index (χ2n) is 4.54. The molecule has 20 heavy (non-hydrogen) atoms. The predicted octanol–water partition coefficient (Wildman–Crippen LogP) is 5.00. The summed E-state index contributed by atoms with van der Waals surface area (Å²) in [4.78, 5) is 8.60. The predicted molar refractivity (Wildman–Crippen MR) is 88.0 cm³/mol. The fraction of sp³-hybridized carbons (Fsp3) is 0.231. The number of hydrogen-bond acceptors (Lipinski definition) is 4. The maximum absolute atomic E-state index is 6.19. The van der Waals surface area contributed by atoms with E-state index in [0.29, 0.717) is 33.2 Å². The van der Waals surface area contributed by atoms with Crippen LogP contribution in [0.5, 0.6) is 0 Å². The Morgan fingerprint density at radius 1 is 1.20 bits per heavy atom. The number of rotatable bonds is 3. The molecule has 2 rings (SSSR count). The Labute approximate surface area is 135 Å². The minimum atomic E-state index is 0.183. The summed E-state index contributed by atoms with van der Waals surface area (Å²) in [6, 6.07) is 5.27. The molecule has 0 aliphatic heterocycles. The standard InChI is InChI=1S/C13H13BrCl2N4/c1-6(2)13-19-9(17)5-10(20-13)18-8-4-3-7(14)11(15)12(8)16/h3-6H,1-2H3,(H3,17,18,19,20). The van der Waals surface area contributed by atoms with Crippen molar-refractivity contribution in [2.45, 2.75) is 19.8 Å². The van der Waals surface area contributed by atoms with Crippen molar-refractivity contribution in [3.05, 3.63) is 38.5 Å². The van der Waals surface area contributed by atoms with Crippen molar-refractivity contribution in [3.8, 4) is 0 Å². The van der Waals surface area contributed by atoms with Gasteiger partial charge in [0, 0.05) is 16.5 Å². The first-order valence-corrected chi connectivity index (χ1v) is 7.48. The molecule has 0 unspecified atom stereocenters. The van der Waals surface area contributed by atoms with Gasteiger partial charge in [0.05, 0.1) is 15.7 Å². The maximum Gasteiger partial charge on any atom is 0.136 e. The van der Waals surface area contributed by atoms with Gasteiger partial charge in [-0.05, 0) is 28.1 Å². The van der Waals surface area contributed by atoms with Gasteiger partial charge in [0.25, 0.3) is 0 Å². The van der Waals surface area contributed by atoms with Crippen LogP contribution in [0.2, 0.25) is 10.0 Å². The van der Waals surface area contributed by atoms with E-state index in [9.17, 15) is 0 Å². The SMILES string of the molecule is CC(C)c1nc(N)cc(Nc2ccc(Br)c(Cl)c2Cl)n1. The molecule has 0 saturated heterocycles. The van der Waals surface area contributed by atoms with E-state index < -0.39 is 0 Å². The Bertz CT molecular complexity index is 647. The van der Waals surface area contributed by atoms with Crippen LogP contribution in [0.4, 0.5) is 17.3 Å². The molecule has 2 aromatic rings. The molecule has 3 N–H and O–H groups in total. The van der Waals surface area contributed by atoms with Crippen molar-refractivity contribution >= 4 is 56.5 Å². The molecule has 0 fully saturated rings. The number of benzene rings is 1. The van der Waals surface area contributed by atoms with E-state index in [4.69, 9.17) is 28.9 Å². The van der Waals surface area contributed by atoms with Crippen LogP contribution in [0, 0.1) is 0 Å². The van der Waals surface area contributed by atoms with Crippen LogP contribution in [0.3, 0.4) is 0 Å². The Hall–Kier alpha value is -1.04. The molecule has 0 aliphatic rings. The number of nitrogen functional groups attached to an aromatic ring is 1. The molecule has 0 amide bonds. The number of nitrogens with zero attached hydrogens (tertiary/aromatic N) is 2. The fourth-order valence-electron chi connectivity index (χ4n) is 1.57. The third-order valence-electron chi connectivity index (χ3n) is 2.58. The molecule has 0 saturated carbocycles. The van der Waals surface area contributed by atoms with Crippen LogP contribution in [0.15, 0.2) is 22.7 Å². The maximum atomic E-state index is 6.19. The lowest BCUT2D eigenvalue weighted by Gasteiger charge is -2.12. The molecule has 7 heteroatoms. The second-order valence-corrected chi connectivity index (χ2v) is 6.15. The van der Waals surface area contributed by atoms with Crippen molar-refractivity contribution in [1.29, 1.82) is 0 Å². The fourth-order valence-corrected chi connectivity index (χ4v) is 2.39. The highest BCUT2D eigenvalue weighted by Crippen LogP contribution is 2.37. The number of nitrogens with two attached hydrogens (primary N) is 1. The minimum absolute atomic E-state index is 0.183. The summed E-state index contributed by atoms with van der Waals surface area (Å²) in [7, 11) is 0. The first-order valence-electron chi connectivity index (χ1n) is 5.93. The Balaban J connectivity index is 2.37. The minimum Gasteiger partial charge on any atom is -0.384 e. The summed E-state index contributed by atoms with van der Waals surface area (Å²) in [6.45, 7) is 4.00. The van der Waals surface area contributed by atoms with Gasteiger partial charge in [0.2, 0.25) is 0 Å². The number of anilines is 3. The van der Waals surface area contributed by atoms with Crippen LogP contribution in [-0.4, -0.2) is 9.97 Å². The van der Waals surface area contributed by atoms with Crippen molar-refractivity contribution in [2.75, 3.05) is 11.1 Å². The third kappa shape index (κ3) is 3.34. The highest BCUT2D eigenvalue weighted by Gasteiger charge is 2.11. The molecule has 106 valence electrons. The zero-order chi connectivity index (χ0) is 14.9. The van der Waals surface area contributed by atoms with E-state index in [0.717, 1.165) is 4.47 Å². The van der Waals surface area contributed by atoms with Gasteiger partial charge >= 0.3 is 0 Å². The van der Waals surface area contributed by atoms with Gasteiger partial charge in [-0.3, -0.25) is 0 Å². The summed E-state index contributed by atoms with van der Waals surface area (Å²) in [6.07, 6.45) is 0. The van der Waals surface area contributed by atoms with Crippen molar-refractivity contribution in [1.82, 2.24) is 9.97 Å². The van der Waals surface area contributed by atoms with Crippen molar-refractivity contribution in [3.63, 3.8) is 0 Å². The number of aromatic nitrogens is 2. The van der Waals surface area contributed by atoms with Crippen LogP contribution in [0.1, 0.15) is 25.6 Å². The van der Waals surface area contributed by atoms with E-state index in [-0.39, 0.29) is 5.92 Å². The first-order chi connectivity index (χ1) is 9.38. The van der Waals surface area contributed by atoms with Crippen LogP contribution in [-0.2, 0) is 0 Å². The molecule has 4 nitrogen and oxygen atoms in total. The Kier molecular flexibility index (Phi) is 4.73. The van der Waals surface area contributed by atoms with Gasteiger partial charge in [-0.15, -0.1) is 0 Å². The van der Waals surface area contributed by atoms with Gasteiger partial charge in [-0.1, -0.05) is 37.0 Å². The van der Waals surface area contributed by atoms with E-state index >= 15 is 0 Å². The molecule has 0 aliphatic carbocycles. The summed E-state index contributed by atoms with van der Waals surface area (Å²) < 4.78 is 0.736. The summed E-state index contributed by atoms with van der Waals surface area (Å²) >= 11 is 15.6. The molecule has 1 aromatic carbocycles. The van der Waals surface area contributed by atoms with Gasteiger partial charge in [-0.2, -0.15) is 0 Å². The molecular weight excluding hydrogens is 363 g/mol. The average molecular weight is 376 g/mol. The van der Waals surface area contributed by atoms with Crippen LogP contribution < -0.4 is 11.1 Å². The topological polar surface area (TPSA) is 63.8 Å². The monoisotopic (exact) mass is 374 g/mol. The molecular formula is C13H13BrCl2N4. The number of nitrogens with one attached hydrogen (secondary N) is 1. The van der Waals surface area contributed by atoms with Crippen molar-refractivity contribution in [2.24, 2.45) is 0 Å². The lowest BCUT2D eigenvalue weighted by Crippen LogP contribution is -2.05. The molecule has 0 bridgehead atoms. The molecule has 1 heterocycles. The van der Waals surface area contributed by atoms with Gasteiger partial charge < -0.3 is 11.1 Å². The number of halogens is 3. The van der Waals surface area contributed by atoms with Gasteiger partial charge in [0.1, 0.15) is 17.5 Å². The number of hydrogen-bond donors (Lipinski definition) is 2. The van der Waals surface area contributed by atoms with Gasteiger partial charge in [-0.25, -0.2) is 9.97 Å². The quantitative estimate of drug-likeness (QED) is 0.741. The summed E-state index contributed by atoms with van der Waals surface area (Å²) in [5.74, 6) is 1.85. The third-order valence-corrected chi connectivity index (χ3v) is 4.35. The van der Waals surface area contributed by atoms with Crippen LogP contribution >= 0.6 is 39.1 Å². The zero-order valence-corrected chi connectivity index (χ0v) is 14.0. The van der Waals surface area contributed by atoms with Crippen molar-refractivity contribution < 1.29 is 0 Å². The average Bonchev–Trinajstić information content (AvgIpc) is 2.39. The molecule has 0 spiro atoms. The molecule has 0 atom stereocenters. The highest BCUT2D eigenvalue weighted by molar-refractivity contribution is 9.10. The summed E-state index contributed by atoms with van der Waals surface area (Å²) in [5, 5.41) is 3.98. The summed E-state index contributed by atoms with van der Waals surface area (Å²) in [5.41, 5.74) is 6.45.